The van der Waals surface area contributed by atoms with Crippen molar-refractivity contribution >= 4 is 17.6 Å². The number of rotatable bonds is 5. The molecule has 0 aromatic heterocycles. The number of anilines is 1. The second-order valence-electron chi connectivity index (χ2n) is 5.29. The number of carboxylic acids is 1. The van der Waals surface area contributed by atoms with E-state index in [0.717, 1.165) is 0 Å². The summed E-state index contributed by atoms with van der Waals surface area (Å²) in [5, 5.41) is 20.6. The van der Waals surface area contributed by atoms with E-state index in [4.69, 9.17) is 10.4 Å². The van der Waals surface area contributed by atoms with Crippen molar-refractivity contribution in [1.82, 2.24) is 4.90 Å². The molecule has 1 aliphatic heterocycles. The van der Waals surface area contributed by atoms with Crippen LogP contribution in [-0.4, -0.2) is 41.5 Å². The maximum atomic E-state index is 11.9. The van der Waals surface area contributed by atoms with Gasteiger partial charge in [0.15, 0.2) is 0 Å². The average Bonchev–Trinajstić information content (AvgIpc) is 2.42. The summed E-state index contributed by atoms with van der Waals surface area (Å²) in [6, 6.07) is 8.84. The molecule has 6 nitrogen and oxygen atoms in total. The van der Waals surface area contributed by atoms with Crippen molar-refractivity contribution in [3.63, 3.8) is 0 Å². The number of carboxylic acid groups (broad SMARTS) is 1. The van der Waals surface area contributed by atoms with E-state index in [1.54, 1.807) is 31.2 Å². The zero-order chi connectivity index (χ0) is 15.4. The molecule has 1 aromatic carbocycles. The van der Waals surface area contributed by atoms with Crippen LogP contribution in [0.2, 0.25) is 0 Å². The Morgan fingerprint density at radius 3 is 2.76 bits per heavy atom. The third kappa shape index (κ3) is 3.58. The predicted molar refractivity (Wildman–Crippen MR) is 76.5 cm³/mol. The molecule has 0 aliphatic carbocycles. The van der Waals surface area contributed by atoms with Crippen molar-refractivity contribution in [1.29, 1.82) is 5.26 Å². The third-order valence-corrected chi connectivity index (χ3v) is 3.77. The number of nitrogens with zero attached hydrogens (tertiary/aromatic N) is 2. The van der Waals surface area contributed by atoms with Gasteiger partial charge in [0, 0.05) is 13.1 Å². The van der Waals surface area contributed by atoms with Crippen molar-refractivity contribution in [2.45, 2.75) is 6.92 Å². The fraction of sp³-hybridized carbons (Fsp3) is 0.400. The first-order valence-corrected chi connectivity index (χ1v) is 6.75. The third-order valence-electron chi connectivity index (χ3n) is 3.77. The Morgan fingerprint density at radius 2 is 2.14 bits per heavy atom. The predicted octanol–water partition coefficient (Wildman–Crippen LogP) is 1.15. The SMILES string of the molecule is CC(C(=O)O)C1CN(CC(=O)Nc2ccccc2C#N)C1. The van der Waals surface area contributed by atoms with Crippen LogP contribution in [0.1, 0.15) is 12.5 Å². The molecule has 1 aliphatic rings. The van der Waals surface area contributed by atoms with E-state index < -0.39 is 5.97 Å². The van der Waals surface area contributed by atoms with Gasteiger partial charge in [-0.3, -0.25) is 14.5 Å². The molecule has 0 spiro atoms. The molecule has 1 fully saturated rings. The van der Waals surface area contributed by atoms with Crippen LogP contribution in [0.25, 0.3) is 0 Å². The van der Waals surface area contributed by atoms with Gasteiger partial charge in [0.1, 0.15) is 6.07 Å². The molecule has 0 radical (unpaired) electrons. The van der Waals surface area contributed by atoms with Crippen LogP contribution in [0.5, 0.6) is 0 Å². The van der Waals surface area contributed by atoms with E-state index in [1.807, 2.05) is 11.0 Å². The highest BCUT2D eigenvalue weighted by molar-refractivity contribution is 5.93. The minimum atomic E-state index is -0.799. The van der Waals surface area contributed by atoms with Gasteiger partial charge < -0.3 is 10.4 Å². The number of aliphatic carboxylic acids is 1. The van der Waals surface area contributed by atoms with Crippen molar-refractivity contribution in [3.8, 4) is 6.07 Å². The van der Waals surface area contributed by atoms with Gasteiger partial charge in [0.05, 0.1) is 23.7 Å². The average molecular weight is 287 g/mol. The number of para-hydroxylation sites is 1. The Bertz CT molecular complexity index is 588. The Hall–Kier alpha value is -2.39. The summed E-state index contributed by atoms with van der Waals surface area (Å²) in [6.07, 6.45) is 0. The summed E-state index contributed by atoms with van der Waals surface area (Å²) in [7, 11) is 0. The van der Waals surface area contributed by atoms with E-state index in [-0.39, 0.29) is 24.3 Å². The molecule has 6 heteroatoms. The number of benzene rings is 1. The Labute approximate surface area is 123 Å². The Balaban J connectivity index is 1.82. The first-order valence-electron chi connectivity index (χ1n) is 6.75. The lowest BCUT2D eigenvalue weighted by molar-refractivity contribution is -0.145. The molecule has 1 unspecified atom stereocenters. The normalized spacial score (nSPS) is 16.6. The van der Waals surface area contributed by atoms with Gasteiger partial charge in [-0.1, -0.05) is 19.1 Å². The first-order chi connectivity index (χ1) is 10.0. The summed E-state index contributed by atoms with van der Waals surface area (Å²) >= 11 is 0. The number of likely N-dealkylation sites (tertiary alicyclic amines) is 1. The number of hydrogen-bond acceptors (Lipinski definition) is 4. The Morgan fingerprint density at radius 1 is 1.48 bits per heavy atom. The second-order valence-corrected chi connectivity index (χ2v) is 5.29. The summed E-state index contributed by atoms with van der Waals surface area (Å²) in [4.78, 5) is 24.7. The van der Waals surface area contributed by atoms with Gasteiger partial charge in [-0.25, -0.2) is 0 Å². The molecular weight excluding hydrogens is 270 g/mol. The smallest absolute Gasteiger partial charge is 0.306 e. The quantitative estimate of drug-likeness (QED) is 0.847. The number of carbonyl (C=O) groups is 2. The molecule has 1 aromatic rings. The molecule has 0 saturated carbocycles. The highest BCUT2D eigenvalue weighted by Gasteiger charge is 2.35. The van der Waals surface area contributed by atoms with Crippen LogP contribution in [0.4, 0.5) is 5.69 Å². The standard InChI is InChI=1S/C15H17N3O3/c1-10(15(20)21)12-7-18(8-12)9-14(19)17-13-5-3-2-4-11(13)6-16/h2-5,10,12H,7-9H2,1H3,(H,17,19)(H,20,21). The largest absolute Gasteiger partial charge is 0.481 e. The summed E-state index contributed by atoms with van der Waals surface area (Å²) in [5.41, 5.74) is 0.924. The molecule has 110 valence electrons. The van der Waals surface area contributed by atoms with Crippen LogP contribution in [0, 0.1) is 23.2 Å². The number of hydrogen-bond donors (Lipinski definition) is 2. The van der Waals surface area contributed by atoms with Crippen LogP contribution in [0.3, 0.4) is 0 Å². The van der Waals surface area contributed by atoms with Gasteiger partial charge in [-0.2, -0.15) is 5.26 Å². The summed E-state index contributed by atoms with van der Waals surface area (Å²) in [6.45, 7) is 3.12. The number of amides is 1. The van der Waals surface area contributed by atoms with Crippen molar-refractivity contribution < 1.29 is 14.7 Å². The monoisotopic (exact) mass is 287 g/mol. The van der Waals surface area contributed by atoms with Crippen molar-refractivity contribution in [3.05, 3.63) is 29.8 Å². The van der Waals surface area contributed by atoms with E-state index in [1.165, 1.54) is 0 Å². The van der Waals surface area contributed by atoms with Gasteiger partial charge in [-0.15, -0.1) is 0 Å². The molecule has 0 bridgehead atoms. The van der Waals surface area contributed by atoms with Crippen molar-refractivity contribution in [2.24, 2.45) is 11.8 Å². The first kappa shape index (κ1) is 15.0. The fourth-order valence-corrected chi connectivity index (χ4v) is 2.34. The number of nitriles is 1. The summed E-state index contributed by atoms with van der Waals surface area (Å²) < 4.78 is 0. The van der Waals surface area contributed by atoms with Gasteiger partial charge >= 0.3 is 5.97 Å². The minimum Gasteiger partial charge on any atom is -0.481 e. The van der Waals surface area contributed by atoms with E-state index >= 15 is 0 Å². The fourth-order valence-electron chi connectivity index (χ4n) is 2.34. The topological polar surface area (TPSA) is 93.4 Å². The maximum absolute atomic E-state index is 11.9. The highest BCUT2D eigenvalue weighted by atomic mass is 16.4. The lowest BCUT2D eigenvalue weighted by Crippen LogP contribution is -2.53. The van der Waals surface area contributed by atoms with Crippen LogP contribution >= 0.6 is 0 Å². The molecule has 21 heavy (non-hydrogen) atoms. The van der Waals surface area contributed by atoms with E-state index in [0.29, 0.717) is 24.3 Å². The maximum Gasteiger partial charge on any atom is 0.306 e. The van der Waals surface area contributed by atoms with Gasteiger partial charge in [-0.05, 0) is 18.1 Å². The zero-order valence-corrected chi connectivity index (χ0v) is 11.7. The van der Waals surface area contributed by atoms with E-state index in [2.05, 4.69) is 5.32 Å². The van der Waals surface area contributed by atoms with Crippen LogP contribution in [0.15, 0.2) is 24.3 Å². The lowest BCUT2D eigenvalue weighted by Gasteiger charge is -2.40. The Kier molecular flexibility index (Phi) is 4.55. The molecule has 1 saturated heterocycles. The van der Waals surface area contributed by atoms with E-state index in [9.17, 15) is 9.59 Å². The van der Waals surface area contributed by atoms with Gasteiger partial charge in [0.25, 0.3) is 0 Å². The lowest BCUT2D eigenvalue weighted by atomic mass is 9.87. The van der Waals surface area contributed by atoms with Crippen LogP contribution in [-0.2, 0) is 9.59 Å². The molecule has 1 amide bonds. The van der Waals surface area contributed by atoms with Crippen molar-refractivity contribution in [2.75, 3.05) is 25.0 Å². The molecular formula is C15H17N3O3. The number of nitrogens with one attached hydrogen (secondary N) is 1. The molecule has 1 atom stereocenters. The number of carbonyl (C=O) groups excluding carboxylic acids is 1. The second kappa shape index (κ2) is 6.37. The van der Waals surface area contributed by atoms with Gasteiger partial charge in [0.2, 0.25) is 5.91 Å². The highest BCUT2D eigenvalue weighted by Crippen LogP contribution is 2.23. The molecule has 2 N–H and O–H groups in total. The zero-order valence-electron chi connectivity index (χ0n) is 11.7. The molecule has 2 rings (SSSR count). The van der Waals surface area contributed by atoms with Crippen LogP contribution < -0.4 is 5.32 Å². The minimum absolute atomic E-state index is 0.0988. The molecule has 1 heterocycles. The summed E-state index contributed by atoms with van der Waals surface area (Å²) in [5.74, 6) is -1.28.